The van der Waals surface area contributed by atoms with E-state index in [0.29, 0.717) is 18.6 Å². The van der Waals surface area contributed by atoms with Crippen LogP contribution in [0.15, 0.2) is 27.8 Å². The molecule has 0 saturated carbocycles. The zero-order valence-corrected chi connectivity index (χ0v) is 13.2. The number of carbonyl (C=O) groups excluding carboxylic acids is 1. The first-order chi connectivity index (χ1) is 10.0. The fourth-order valence-corrected chi connectivity index (χ4v) is 3.74. The largest absolute Gasteiger partial charge is 0.504 e. The van der Waals surface area contributed by atoms with Crippen LogP contribution in [0.5, 0.6) is 11.5 Å². The van der Waals surface area contributed by atoms with Crippen LogP contribution in [0.4, 0.5) is 0 Å². The highest BCUT2D eigenvalue weighted by Gasteiger charge is 2.28. The van der Waals surface area contributed by atoms with Crippen molar-refractivity contribution in [3.63, 3.8) is 0 Å². The fourth-order valence-electron chi connectivity index (χ4n) is 3.25. The number of benzene rings is 1. The number of phenols is 2. The molecular weight excluding hydrogens is 334 g/mol. The molecule has 3 N–H and O–H groups in total. The molecule has 0 fully saturated rings. The van der Waals surface area contributed by atoms with E-state index in [4.69, 9.17) is 0 Å². The summed E-state index contributed by atoms with van der Waals surface area (Å²) < 4.78 is 0.791. The average molecular weight is 352 g/mol. The van der Waals surface area contributed by atoms with Crippen molar-refractivity contribution in [2.24, 2.45) is 0 Å². The van der Waals surface area contributed by atoms with Crippen LogP contribution in [0.25, 0.3) is 0 Å². The Morgan fingerprint density at radius 2 is 1.95 bits per heavy atom. The second kappa shape index (κ2) is 5.81. The average Bonchev–Trinajstić information content (AvgIpc) is 2.44. The van der Waals surface area contributed by atoms with E-state index in [0.717, 1.165) is 35.8 Å². The second-order valence-corrected chi connectivity index (χ2v) is 6.59. The summed E-state index contributed by atoms with van der Waals surface area (Å²) in [5.41, 5.74) is 3.61. The Bertz CT molecular complexity index is 624. The molecule has 1 atom stereocenters. The van der Waals surface area contributed by atoms with Crippen LogP contribution in [0, 0.1) is 0 Å². The van der Waals surface area contributed by atoms with Crippen molar-refractivity contribution >= 4 is 21.7 Å². The van der Waals surface area contributed by atoms with Crippen LogP contribution in [0.3, 0.4) is 0 Å². The standard InChI is InChI=1S/C16H18BrNO3/c17-13-8-16(21)15(20)7-10(13)6-14-12-2-1-11(19)5-9(12)3-4-18-14/h7-8,14,18,20-21H,1-6H2/t14-/m1/s1. The van der Waals surface area contributed by atoms with Crippen LogP contribution < -0.4 is 5.32 Å². The Hall–Kier alpha value is -1.33. The first-order valence-electron chi connectivity index (χ1n) is 7.21. The van der Waals surface area contributed by atoms with Gasteiger partial charge in [0.2, 0.25) is 0 Å². The van der Waals surface area contributed by atoms with Gasteiger partial charge in [0.15, 0.2) is 11.5 Å². The number of Topliss-reactive ketones (excluding diaryl/α,β-unsaturated/α-hetero) is 1. The molecule has 21 heavy (non-hydrogen) atoms. The van der Waals surface area contributed by atoms with Crippen LogP contribution in [-0.2, 0) is 11.2 Å². The van der Waals surface area contributed by atoms with Gasteiger partial charge in [0.1, 0.15) is 5.78 Å². The number of nitrogens with one attached hydrogen (secondary N) is 1. The fraction of sp³-hybridized carbons (Fsp3) is 0.438. The van der Waals surface area contributed by atoms with Crippen molar-refractivity contribution in [2.45, 2.75) is 38.1 Å². The minimum absolute atomic E-state index is 0.1000. The Labute approximate surface area is 132 Å². The minimum atomic E-state index is -0.120. The molecule has 0 unspecified atom stereocenters. The molecule has 1 aromatic rings. The molecular formula is C16H18BrNO3. The van der Waals surface area contributed by atoms with E-state index < -0.39 is 0 Å². The summed E-state index contributed by atoms with van der Waals surface area (Å²) in [7, 11) is 0. The number of hydrogen-bond acceptors (Lipinski definition) is 4. The van der Waals surface area contributed by atoms with Gasteiger partial charge in [-0.25, -0.2) is 0 Å². The van der Waals surface area contributed by atoms with Crippen molar-refractivity contribution in [3.8, 4) is 11.5 Å². The lowest BCUT2D eigenvalue weighted by Crippen LogP contribution is -2.40. The predicted octanol–water partition coefficient (Wildman–Crippen LogP) is 2.81. The maximum absolute atomic E-state index is 11.6. The lowest BCUT2D eigenvalue weighted by molar-refractivity contribution is -0.118. The van der Waals surface area contributed by atoms with E-state index in [1.165, 1.54) is 17.2 Å². The van der Waals surface area contributed by atoms with E-state index in [2.05, 4.69) is 21.2 Å². The van der Waals surface area contributed by atoms with Crippen LogP contribution in [0.2, 0.25) is 0 Å². The zero-order valence-electron chi connectivity index (χ0n) is 11.7. The Balaban J connectivity index is 1.86. The quantitative estimate of drug-likeness (QED) is 0.566. The smallest absolute Gasteiger partial charge is 0.158 e. The second-order valence-electron chi connectivity index (χ2n) is 5.74. The van der Waals surface area contributed by atoms with Gasteiger partial charge in [-0.2, -0.15) is 0 Å². The topological polar surface area (TPSA) is 69.6 Å². The van der Waals surface area contributed by atoms with Gasteiger partial charge in [-0.1, -0.05) is 27.1 Å². The highest BCUT2D eigenvalue weighted by Crippen LogP contribution is 2.35. The molecule has 3 rings (SSSR count). The molecule has 1 aromatic carbocycles. The van der Waals surface area contributed by atoms with E-state index in [9.17, 15) is 15.0 Å². The molecule has 0 radical (unpaired) electrons. The third-order valence-electron chi connectivity index (χ3n) is 4.34. The van der Waals surface area contributed by atoms with Crippen molar-refractivity contribution < 1.29 is 15.0 Å². The molecule has 4 nitrogen and oxygen atoms in total. The van der Waals surface area contributed by atoms with Gasteiger partial charge in [-0.05, 0) is 43.5 Å². The predicted molar refractivity (Wildman–Crippen MR) is 83.5 cm³/mol. The first-order valence-corrected chi connectivity index (χ1v) is 8.00. The lowest BCUT2D eigenvalue weighted by atomic mass is 9.81. The molecule has 2 aliphatic rings. The number of aromatic hydroxyl groups is 2. The zero-order chi connectivity index (χ0) is 15.0. The number of ketones is 1. The minimum Gasteiger partial charge on any atom is -0.504 e. The summed E-state index contributed by atoms with van der Waals surface area (Å²) in [6.45, 7) is 0.887. The van der Waals surface area contributed by atoms with Gasteiger partial charge in [-0.15, -0.1) is 0 Å². The van der Waals surface area contributed by atoms with Gasteiger partial charge in [-0.3, -0.25) is 4.79 Å². The Morgan fingerprint density at radius 1 is 1.19 bits per heavy atom. The van der Waals surface area contributed by atoms with Crippen LogP contribution in [-0.4, -0.2) is 28.6 Å². The van der Waals surface area contributed by atoms with Crippen molar-refractivity contribution in [1.29, 1.82) is 0 Å². The van der Waals surface area contributed by atoms with Crippen molar-refractivity contribution in [2.75, 3.05) is 6.54 Å². The van der Waals surface area contributed by atoms with Crippen LogP contribution in [0.1, 0.15) is 31.2 Å². The summed E-state index contributed by atoms with van der Waals surface area (Å²) in [6.07, 6.45) is 3.78. The monoisotopic (exact) mass is 351 g/mol. The Kier molecular flexibility index (Phi) is 4.04. The van der Waals surface area contributed by atoms with E-state index >= 15 is 0 Å². The normalized spacial score (nSPS) is 22.3. The van der Waals surface area contributed by atoms with E-state index in [1.807, 2.05) is 0 Å². The van der Waals surface area contributed by atoms with E-state index in [-0.39, 0.29) is 17.5 Å². The van der Waals surface area contributed by atoms with Crippen molar-refractivity contribution in [1.82, 2.24) is 5.32 Å². The van der Waals surface area contributed by atoms with Crippen LogP contribution >= 0.6 is 15.9 Å². The highest BCUT2D eigenvalue weighted by atomic mass is 79.9. The molecule has 1 heterocycles. The molecule has 0 saturated heterocycles. The third kappa shape index (κ3) is 2.99. The third-order valence-corrected chi connectivity index (χ3v) is 5.08. The summed E-state index contributed by atoms with van der Waals surface area (Å²) >= 11 is 3.44. The molecule has 1 aliphatic heterocycles. The summed E-state index contributed by atoms with van der Waals surface area (Å²) in [6, 6.07) is 3.33. The molecule has 1 aliphatic carbocycles. The molecule has 5 heteroatoms. The van der Waals surface area contributed by atoms with Crippen molar-refractivity contribution in [3.05, 3.63) is 33.3 Å². The van der Waals surface area contributed by atoms with Gasteiger partial charge < -0.3 is 15.5 Å². The molecule has 0 aromatic heterocycles. The highest BCUT2D eigenvalue weighted by molar-refractivity contribution is 9.10. The maximum atomic E-state index is 11.6. The molecule has 112 valence electrons. The van der Waals surface area contributed by atoms with Gasteiger partial charge in [0.05, 0.1) is 0 Å². The summed E-state index contributed by atoms with van der Waals surface area (Å²) in [4.78, 5) is 11.6. The Morgan fingerprint density at radius 3 is 2.76 bits per heavy atom. The first kappa shape index (κ1) is 14.6. The van der Waals surface area contributed by atoms with E-state index in [1.54, 1.807) is 6.07 Å². The SMILES string of the molecule is O=C1CCC2=C(CCN[C@@H]2Cc2cc(O)c(O)cc2Br)C1. The molecule has 0 amide bonds. The summed E-state index contributed by atoms with van der Waals surface area (Å²) in [5.74, 6) is 0.125. The lowest BCUT2D eigenvalue weighted by Gasteiger charge is -2.33. The number of halogens is 1. The summed E-state index contributed by atoms with van der Waals surface area (Å²) in [5, 5.41) is 22.7. The van der Waals surface area contributed by atoms with Gasteiger partial charge in [0.25, 0.3) is 0 Å². The molecule has 0 spiro atoms. The molecule has 0 bridgehead atoms. The number of phenolic OH excluding ortho intramolecular Hbond substituents is 2. The number of carbonyl (C=O) groups is 1. The number of hydrogen-bond donors (Lipinski definition) is 3. The van der Waals surface area contributed by atoms with Gasteiger partial charge in [0, 0.05) is 23.4 Å². The number of rotatable bonds is 2. The maximum Gasteiger partial charge on any atom is 0.158 e. The van der Waals surface area contributed by atoms with Gasteiger partial charge >= 0.3 is 0 Å².